The molecular weight excluding hydrogens is 811 g/mol. The molecule has 334 valence electrons. The highest BCUT2D eigenvalue weighted by atomic mass is 16.3. The Morgan fingerprint density at radius 3 is 1.55 bits per heavy atom. The van der Waals surface area contributed by atoms with Gasteiger partial charge < -0.3 is 25.3 Å². The lowest BCUT2D eigenvalue weighted by Gasteiger charge is -2.38. The number of aliphatic hydroxyl groups is 2. The van der Waals surface area contributed by atoms with Gasteiger partial charge in [-0.2, -0.15) is 5.10 Å². The van der Waals surface area contributed by atoms with Crippen LogP contribution in [-0.2, 0) is 22.7 Å². The number of anilines is 2. The highest BCUT2D eigenvalue weighted by molar-refractivity contribution is 5.77. The average molecular weight is 868 g/mol. The largest absolute Gasteiger partial charge is 0.388 e. The topological polar surface area (TPSA) is 192 Å². The summed E-state index contributed by atoms with van der Waals surface area (Å²) in [6, 6.07) is 34.1. The maximum Gasteiger partial charge on any atom is 0.255 e. The van der Waals surface area contributed by atoms with E-state index in [1.54, 1.807) is 12.3 Å². The molecule has 0 spiro atoms. The quantitative estimate of drug-likeness (QED) is 0.112. The van der Waals surface area contributed by atoms with Crippen molar-refractivity contribution in [3.05, 3.63) is 160 Å². The molecule has 3 aromatic carbocycles. The van der Waals surface area contributed by atoms with Gasteiger partial charge in [0.05, 0.1) is 48.3 Å². The number of aromatic nitrogens is 6. The second-order valence-corrected chi connectivity index (χ2v) is 17.2. The number of hydrogen-bond acceptors (Lipinski definition) is 10. The molecule has 6 aromatic rings. The van der Waals surface area contributed by atoms with Gasteiger partial charge in [-0.15, -0.1) is 0 Å². The molecule has 2 fully saturated rings. The molecule has 2 atom stereocenters. The first-order valence-corrected chi connectivity index (χ1v) is 21.9. The zero-order valence-electron chi connectivity index (χ0n) is 36.4. The summed E-state index contributed by atoms with van der Waals surface area (Å²) in [6.07, 6.45) is 7.11. The van der Waals surface area contributed by atoms with E-state index in [0.717, 1.165) is 16.8 Å². The van der Waals surface area contributed by atoms with E-state index in [1.807, 2.05) is 101 Å². The van der Waals surface area contributed by atoms with Gasteiger partial charge in [-0.05, 0) is 66.8 Å². The minimum absolute atomic E-state index is 0.0983. The lowest BCUT2D eigenvalue weighted by molar-refractivity contribution is -0.137. The summed E-state index contributed by atoms with van der Waals surface area (Å²) in [5, 5.41) is 31.8. The first kappa shape index (κ1) is 45.3. The number of likely N-dealkylation sites (tertiary alicyclic amines) is 2. The first-order chi connectivity index (χ1) is 30.8. The second-order valence-electron chi connectivity index (χ2n) is 17.2. The van der Waals surface area contributed by atoms with Crippen LogP contribution in [0.1, 0.15) is 75.3 Å². The van der Waals surface area contributed by atoms with Crippen LogP contribution in [0.4, 0.5) is 11.5 Å². The Balaban J connectivity index is 0.000000192. The number of carbonyl (C=O) groups is 2. The van der Waals surface area contributed by atoms with Crippen LogP contribution < -0.4 is 16.4 Å². The predicted molar refractivity (Wildman–Crippen MR) is 245 cm³/mol. The third-order valence-electron chi connectivity index (χ3n) is 12.3. The van der Waals surface area contributed by atoms with E-state index in [4.69, 9.17) is 0 Å². The summed E-state index contributed by atoms with van der Waals surface area (Å²) in [6.45, 7) is 6.34. The number of H-pyrrole nitrogens is 1. The molecule has 2 saturated heterocycles. The van der Waals surface area contributed by atoms with Gasteiger partial charge >= 0.3 is 0 Å². The van der Waals surface area contributed by atoms with Crippen LogP contribution in [0.5, 0.6) is 0 Å². The van der Waals surface area contributed by atoms with Crippen LogP contribution in [0.3, 0.4) is 0 Å². The Bertz CT molecular complexity index is 2550. The van der Waals surface area contributed by atoms with Crippen molar-refractivity contribution < 1.29 is 19.8 Å². The van der Waals surface area contributed by atoms with Crippen molar-refractivity contribution in [1.29, 1.82) is 0 Å². The zero-order chi connectivity index (χ0) is 45.1. The molecule has 5 heterocycles. The molecule has 0 radical (unpaired) electrons. The van der Waals surface area contributed by atoms with E-state index < -0.39 is 11.2 Å². The Morgan fingerprint density at radius 1 is 0.656 bits per heavy atom. The fourth-order valence-electron chi connectivity index (χ4n) is 8.25. The SMILES string of the molecule is C[C@H](CC(=O)N1CCC(O)(Cn2cnc(-c3ccn[nH]3)cc2=O)CC1)c1ccccc1.C[C@H](CC(=O)N1CCC(O)(Cn2cnc(Nc3ccccc3)cc2=O)CC1)c1ccccc1. The van der Waals surface area contributed by atoms with Crippen LogP contribution in [-0.4, -0.2) is 98.5 Å². The normalized spacial score (nSPS) is 16.5. The smallest absolute Gasteiger partial charge is 0.255 e. The third kappa shape index (κ3) is 12.1. The van der Waals surface area contributed by atoms with E-state index in [1.165, 1.54) is 33.9 Å². The highest BCUT2D eigenvalue weighted by Crippen LogP contribution is 2.28. The molecule has 0 aliphatic carbocycles. The molecule has 0 saturated carbocycles. The molecule has 0 bridgehead atoms. The Kier molecular flexibility index (Phi) is 14.6. The predicted octanol–water partition coefficient (Wildman–Crippen LogP) is 5.71. The molecule has 64 heavy (non-hydrogen) atoms. The van der Waals surface area contributed by atoms with Crippen molar-refractivity contribution in [2.45, 2.75) is 88.5 Å². The minimum atomic E-state index is -1.04. The molecule has 15 heteroatoms. The van der Waals surface area contributed by atoms with E-state index in [-0.39, 0.29) is 47.9 Å². The lowest BCUT2D eigenvalue weighted by atomic mass is 9.90. The number of amides is 2. The summed E-state index contributed by atoms with van der Waals surface area (Å²) in [4.78, 5) is 62.8. The lowest BCUT2D eigenvalue weighted by Crippen LogP contribution is -2.49. The maximum absolute atomic E-state index is 12.8. The third-order valence-corrected chi connectivity index (χ3v) is 12.3. The summed E-state index contributed by atoms with van der Waals surface area (Å²) in [5.74, 6) is 0.951. The maximum atomic E-state index is 12.8. The van der Waals surface area contributed by atoms with Crippen molar-refractivity contribution in [2.24, 2.45) is 0 Å². The molecule has 3 aromatic heterocycles. The molecule has 2 aliphatic heterocycles. The zero-order valence-corrected chi connectivity index (χ0v) is 36.4. The van der Waals surface area contributed by atoms with Crippen molar-refractivity contribution >= 4 is 23.3 Å². The number of nitrogens with zero attached hydrogens (tertiary/aromatic N) is 7. The number of piperidine rings is 2. The Hall–Kier alpha value is -6.71. The first-order valence-electron chi connectivity index (χ1n) is 21.9. The summed E-state index contributed by atoms with van der Waals surface area (Å²) < 4.78 is 2.86. The van der Waals surface area contributed by atoms with Gasteiger partial charge in [0.2, 0.25) is 11.8 Å². The summed E-state index contributed by atoms with van der Waals surface area (Å²) >= 11 is 0. The van der Waals surface area contributed by atoms with Gasteiger partial charge in [0.25, 0.3) is 11.1 Å². The monoisotopic (exact) mass is 867 g/mol. The molecule has 15 nitrogen and oxygen atoms in total. The standard InChI is InChI=1S/C26H30N4O3.C23H27N5O3/c1-20(21-8-4-2-5-9-21)16-24(31)29-14-12-26(33,13-15-29)18-30-19-27-23(17-25(30)32)28-22-10-6-3-7-11-22;1-17(18-5-3-2-4-6-18)13-21(29)27-11-8-23(31,9-12-27)15-28-16-24-20(14-22(28)30)19-7-10-25-26-19/h2-11,17,19-20,28,33H,12-16,18H2,1H3;2-7,10,14,16-17,31H,8-9,11-13,15H2,1H3,(H,25,26)/t20-;17-/m11/s1. The summed E-state index contributed by atoms with van der Waals surface area (Å²) in [5.41, 5.74) is 1.78. The van der Waals surface area contributed by atoms with Gasteiger partial charge in [0.15, 0.2) is 0 Å². The molecule has 8 rings (SSSR count). The second kappa shape index (κ2) is 20.6. The summed E-state index contributed by atoms with van der Waals surface area (Å²) in [7, 11) is 0. The molecular formula is C49H57N9O6. The van der Waals surface area contributed by atoms with Gasteiger partial charge in [0.1, 0.15) is 5.82 Å². The number of hydrogen-bond donors (Lipinski definition) is 4. The van der Waals surface area contributed by atoms with Gasteiger partial charge in [-0.3, -0.25) is 33.4 Å². The Morgan fingerprint density at radius 2 is 1.11 bits per heavy atom. The molecule has 4 N–H and O–H groups in total. The van der Waals surface area contributed by atoms with Crippen LogP contribution in [0, 0.1) is 0 Å². The minimum Gasteiger partial charge on any atom is -0.388 e. The molecule has 2 amide bonds. The van der Waals surface area contributed by atoms with Crippen molar-refractivity contribution in [2.75, 3.05) is 31.5 Å². The van der Waals surface area contributed by atoms with Gasteiger partial charge in [-0.1, -0.05) is 92.7 Å². The van der Waals surface area contributed by atoms with Gasteiger partial charge in [-0.25, -0.2) is 9.97 Å². The number of rotatable bonds is 13. The number of para-hydroxylation sites is 1. The number of benzene rings is 3. The van der Waals surface area contributed by atoms with Crippen LogP contribution in [0.15, 0.2) is 138 Å². The number of aromatic amines is 1. The van der Waals surface area contributed by atoms with E-state index in [9.17, 15) is 29.4 Å². The van der Waals surface area contributed by atoms with Crippen LogP contribution >= 0.6 is 0 Å². The molecule has 2 aliphatic rings. The highest BCUT2D eigenvalue weighted by Gasteiger charge is 2.36. The van der Waals surface area contributed by atoms with Crippen molar-refractivity contribution in [1.82, 2.24) is 39.1 Å². The molecule has 0 unspecified atom stereocenters. The fraction of sp³-hybridized carbons (Fsp3) is 0.367. The number of nitrogens with one attached hydrogen (secondary N) is 2. The van der Waals surface area contributed by atoms with E-state index in [2.05, 4.69) is 39.3 Å². The van der Waals surface area contributed by atoms with Crippen LogP contribution in [0.2, 0.25) is 0 Å². The van der Waals surface area contributed by atoms with Crippen molar-refractivity contribution in [3.63, 3.8) is 0 Å². The fourth-order valence-corrected chi connectivity index (χ4v) is 8.25. The van der Waals surface area contributed by atoms with Crippen molar-refractivity contribution in [3.8, 4) is 11.4 Å². The van der Waals surface area contributed by atoms with Crippen LogP contribution in [0.25, 0.3) is 11.4 Å². The Labute approximate surface area is 372 Å². The number of carbonyl (C=O) groups excluding carboxylic acids is 2. The van der Waals surface area contributed by atoms with E-state index >= 15 is 0 Å². The average Bonchev–Trinajstić information content (AvgIpc) is 3.85. The van der Waals surface area contributed by atoms with Gasteiger partial charge in [0, 0.05) is 63.0 Å². The van der Waals surface area contributed by atoms with E-state index in [0.29, 0.717) is 81.9 Å².